The maximum Gasteiger partial charge on any atom is -1.00 e. The maximum atomic E-state index is 2.52. The minimum Gasteiger partial charge on any atom is -1.00 e. The molecular formula is C26H32Cl2SiZr. The minimum atomic E-state index is -1.87. The molecule has 0 saturated carbocycles. The van der Waals surface area contributed by atoms with Gasteiger partial charge in [-0.25, -0.2) is 0 Å². The normalized spacial score (nSPS) is 12.8. The van der Waals surface area contributed by atoms with Gasteiger partial charge in [0.1, 0.15) is 0 Å². The van der Waals surface area contributed by atoms with E-state index in [2.05, 4.69) is 76.3 Å². The molecule has 0 aromatic heterocycles. The Kier molecular flexibility index (Phi) is 9.88. The first-order valence-electron chi connectivity index (χ1n) is 10.9. The van der Waals surface area contributed by atoms with Crippen LogP contribution in [0.5, 0.6) is 0 Å². The van der Waals surface area contributed by atoms with Crippen LogP contribution in [0.25, 0.3) is 11.1 Å². The molecule has 0 spiro atoms. The van der Waals surface area contributed by atoms with Crippen molar-refractivity contribution in [3.63, 3.8) is 0 Å². The molecule has 0 amide bonds. The third-order valence-corrected chi connectivity index (χ3v) is 26.9. The zero-order valence-electron chi connectivity index (χ0n) is 18.6. The van der Waals surface area contributed by atoms with Crippen molar-refractivity contribution >= 4 is 8.70 Å². The van der Waals surface area contributed by atoms with Crippen molar-refractivity contribution in [1.29, 1.82) is 0 Å². The van der Waals surface area contributed by atoms with E-state index in [1.165, 1.54) is 48.9 Å². The summed E-state index contributed by atoms with van der Waals surface area (Å²) in [5, 5.41) is 0. The van der Waals surface area contributed by atoms with Crippen molar-refractivity contribution in [2.24, 2.45) is 0 Å². The van der Waals surface area contributed by atoms with Gasteiger partial charge in [-0.1, -0.05) is 0 Å². The summed E-state index contributed by atoms with van der Waals surface area (Å²) in [6.45, 7) is 9.45. The van der Waals surface area contributed by atoms with E-state index < -0.39 is 20.4 Å². The van der Waals surface area contributed by atoms with Crippen LogP contribution in [0.3, 0.4) is 0 Å². The van der Waals surface area contributed by atoms with Gasteiger partial charge in [0.2, 0.25) is 0 Å². The molecule has 2 aromatic rings. The molecule has 0 unspecified atom stereocenters. The number of hydrogen-bond acceptors (Lipinski definition) is 0. The first kappa shape index (κ1) is 25.9. The standard InChI is InChI=1S/C15H13.C6H14Si.C5H5.2ClH.Zr/c1-10-3-5-14-12(7-10)9-13-8-11(2)4-6-15(13)14;1-3-5-7-6-4-2;1-2-4-5-3-1;;;/h3-7H,9H2,1-2H3;3-6H2,1-2H3;1-3H,4H2;2*1H;/q;;;;;+2/p-2. The number of benzene rings is 2. The Morgan fingerprint density at radius 2 is 1.63 bits per heavy atom. The van der Waals surface area contributed by atoms with Gasteiger partial charge in [-0.05, 0) is 0 Å². The minimum absolute atomic E-state index is 0. The van der Waals surface area contributed by atoms with Gasteiger partial charge in [0.25, 0.3) is 0 Å². The van der Waals surface area contributed by atoms with Gasteiger partial charge < -0.3 is 24.8 Å². The van der Waals surface area contributed by atoms with Crippen LogP contribution in [0.1, 0.15) is 55.4 Å². The van der Waals surface area contributed by atoms with Crippen LogP contribution < -0.4 is 28.1 Å². The SMILES string of the molecule is CCC[Si](CCC)=[Zr+2]([C]1=CC=CC1)[c]1c(C)ccc2c1Cc1cc(C)ccc1-2.[Cl-].[Cl-]. The second-order valence-electron chi connectivity index (χ2n) is 8.42. The first-order valence-corrected chi connectivity index (χ1v) is 19.0. The predicted molar refractivity (Wildman–Crippen MR) is 122 cm³/mol. The van der Waals surface area contributed by atoms with Gasteiger partial charge in [-0.2, -0.15) is 0 Å². The fraction of sp³-hybridized carbons (Fsp3) is 0.385. The molecule has 0 heterocycles. The van der Waals surface area contributed by atoms with Crippen LogP contribution in [0.4, 0.5) is 0 Å². The van der Waals surface area contributed by atoms with E-state index in [1.54, 1.807) is 22.3 Å². The van der Waals surface area contributed by atoms with E-state index in [0.717, 1.165) is 0 Å². The van der Waals surface area contributed by atoms with Crippen LogP contribution in [-0.4, -0.2) is 5.43 Å². The van der Waals surface area contributed by atoms with Gasteiger partial charge in [-0.3, -0.25) is 0 Å². The number of aryl methyl sites for hydroxylation is 2. The zero-order chi connectivity index (χ0) is 19.7. The molecule has 0 N–H and O–H groups in total. The van der Waals surface area contributed by atoms with Crippen molar-refractivity contribution in [1.82, 2.24) is 0 Å². The van der Waals surface area contributed by atoms with Crippen molar-refractivity contribution in [3.05, 3.63) is 74.1 Å². The second-order valence-corrected chi connectivity index (χ2v) is 23.5. The summed E-state index contributed by atoms with van der Waals surface area (Å²) < 4.78 is 3.77. The Hall–Kier alpha value is -0.400. The molecule has 30 heavy (non-hydrogen) atoms. The second kappa shape index (κ2) is 11.5. The molecule has 4 heteroatoms. The van der Waals surface area contributed by atoms with Gasteiger partial charge in [0, 0.05) is 0 Å². The largest absolute Gasteiger partial charge is 1.00 e. The molecule has 2 aromatic carbocycles. The monoisotopic (exact) mass is 532 g/mol. The van der Waals surface area contributed by atoms with Crippen LogP contribution in [0.15, 0.2) is 51.8 Å². The molecule has 0 radical (unpaired) electrons. The molecule has 2 aliphatic carbocycles. The third-order valence-electron chi connectivity index (χ3n) is 6.24. The summed E-state index contributed by atoms with van der Waals surface area (Å²) in [4.78, 5) is 0. The summed E-state index contributed by atoms with van der Waals surface area (Å²) in [6.07, 6.45) is 12.4. The summed E-state index contributed by atoms with van der Waals surface area (Å²) in [6, 6.07) is 15.0. The molecule has 0 aliphatic heterocycles. The number of fused-ring (bicyclic) bond motifs is 3. The third kappa shape index (κ3) is 4.98. The fourth-order valence-corrected chi connectivity index (χ4v) is 29.0. The van der Waals surface area contributed by atoms with E-state index in [0.29, 0.717) is 0 Å². The van der Waals surface area contributed by atoms with Crippen LogP contribution in [0, 0.1) is 13.8 Å². The topological polar surface area (TPSA) is 0 Å². The Balaban J connectivity index is 0.00000160. The zero-order valence-corrected chi connectivity index (χ0v) is 23.6. The summed E-state index contributed by atoms with van der Waals surface area (Å²) >= 11 is -1.87. The van der Waals surface area contributed by atoms with Crippen molar-refractivity contribution in [3.8, 4) is 11.1 Å². The van der Waals surface area contributed by atoms with Crippen molar-refractivity contribution in [2.75, 3.05) is 0 Å². The van der Waals surface area contributed by atoms with E-state index in [-0.39, 0.29) is 30.2 Å². The first-order chi connectivity index (χ1) is 13.6. The van der Waals surface area contributed by atoms with Gasteiger partial charge in [-0.15, -0.1) is 0 Å². The number of hydrogen-bond donors (Lipinski definition) is 0. The smallest absolute Gasteiger partial charge is 1.00 e. The molecule has 0 saturated heterocycles. The Morgan fingerprint density at radius 1 is 0.933 bits per heavy atom. The van der Waals surface area contributed by atoms with E-state index >= 15 is 0 Å². The van der Waals surface area contributed by atoms with E-state index in [9.17, 15) is 0 Å². The number of allylic oxidation sites excluding steroid dienone is 4. The Morgan fingerprint density at radius 3 is 2.27 bits per heavy atom. The quantitative estimate of drug-likeness (QED) is 0.410. The molecular weight excluding hydrogens is 503 g/mol. The van der Waals surface area contributed by atoms with Crippen LogP contribution in [0.2, 0.25) is 12.1 Å². The molecule has 158 valence electrons. The van der Waals surface area contributed by atoms with E-state index in [1.807, 2.05) is 6.55 Å². The Labute approximate surface area is 203 Å². The van der Waals surface area contributed by atoms with Crippen LogP contribution in [-0.2, 0) is 26.8 Å². The summed E-state index contributed by atoms with van der Waals surface area (Å²) in [7, 11) is 0. The molecule has 2 aliphatic rings. The average molecular weight is 535 g/mol. The fourth-order valence-electron chi connectivity index (χ4n) is 5.05. The average Bonchev–Trinajstić information content (AvgIpc) is 3.31. The number of rotatable bonds is 6. The van der Waals surface area contributed by atoms with Crippen LogP contribution >= 0.6 is 0 Å². The number of halogens is 2. The molecule has 4 rings (SSSR count). The van der Waals surface area contributed by atoms with Gasteiger partial charge in [0.05, 0.1) is 0 Å². The molecule has 0 bridgehead atoms. The summed E-state index contributed by atoms with van der Waals surface area (Å²) in [5.41, 5.74) is 9.06. The summed E-state index contributed by atoms with van der Waals surface area (Å²) in [5.74, 6) is 0. The maximum absolute atomic E-state index is 2.52. The van der Waals surface area contributed by atoms with Crippen molar-refractivity contribution < 1.29 is 45.2 Å². The van der Waals surface area contributed by atoms with Crippen molar-refractivity contribution in [2.45, 2.75) is 65.5 Å². The van der Waals surface area contributed by atoms with E-state index in [4.69, 9.17) is 0 Å². The van der Waals surface area contributed by atoms with Gasteiger partial charge in [0.15, 0.2) is 0 Å². The Bertz CT molecular complexity index is 1010. The molecule has 0 fully saturated rings. The molecule has 0 atom stereocenters. The molecule has 0 nitrogen and oxygen atoms in total. The predicted octanol–water partition coefficient (Wildman–Crippen LogP) is 0.781. The van der Waals surface area contributed by atoms with Gasteiger partial charge >= 0.3 is 180 Å².